The molecule has 0 spiro atoms. The van der Waals surface area contributed by atoms with Crippen molar-refractivity contribution in [2.45, 2.75) is 13.8 Å². The summed E-state index contributed by atoms with van der Waals surface area (Å²) < 4.78 is 2.65. The summed E-state index contributed by atoms with van der Waals surface area (Å²) >= 11 is 7.40. The van der Waals surface area contributed by atoms with Crippen LogP contribution in [-0.4, -0.2) is 4.98 Å². The van der Waals surface area contributed by atoms with Gasteiger partial charge in [-0.1, -0.05) is 66.7 Å². The molecule has 3 aromatic carbocycles. The molecule has 0 aliphatic heterocycles. The summed E-state index contributed by atoms with van der Waals surface area (Å²) in [5.41, 5.74) is 4.99. The van der Waals surface area contributed by atoms with Crippen LogP contribution in [0.3, 0.4) is 0 Å². The molecule has 0 aliphatic carbocycles. The van der Waals surface area contributed by atoms with Crippen molar-refractivity contribution in [3.63, 3.8) is 0 Å². The molecule has 0 atom stereocenters. The van der Waals surface area contributed by atoms with E-state index in [1.54, 1.807) is 0 Å². The van der Waals surface area contributed by atoms with Crippen LogP contribution < -0.4 is 0 Å². The third kappa shape index (κ3) is 3.58. The molecule has 36 heavy (non-hydrogen) atoms. The molecule has 5 heteroatoms. The largest absolute Gasteiger partial charge is 0.234 e. The standard InChI is InChI=1S/C31H21NS4/c1-18-27(21-12-6-8-14-24(21)33-18)29-30(28-19(2)34-25-15-9-7-13-22(25)28)36-31(32-29)26-17-16-23(35-26)20-10-4-3-5-11-20/h3-17H,1-2H3. The molecule has 1 nitrogen and oxygen atoms in total. The molecule has 7 aromatic rings. The van der Waals surface area contributed by atoms with Crippen LogP contribution in [-0.2, 0) is 0 Å². The van der Waals surface area contributed by atoms with Gasteiger partial charge in [0.1, 0.15) is 5.01 Å². The van der Waals surface area contributed by atoms with E-state index in [9.17, 15) is 0 Å². The zero-order chi connectivity index (χ0) is 24.2. The summed E-state index contributed by atoms with van der Waals surface area (Å²) in [7, 11) is 0. The number of nitrogens with zero attached hydrogens (tertiary/aromatic N) is 1. The van der Waals surface area contributed by atoms with E-state index in [1.807, 2.05) is 45.3 Å². The van der Waals surface area contributed by atoms with Gasteiger partial charge in [0.25, 0.3) is 0 Å². The normalized spacial score (nSPS) is 11.6. The van der Waals surface area contributed by atoms with Crippen LogP contribution in [0, 0.1) is 13.8 Å². The molecule has 0 amide bonds. The summed E-state index contributed by atoms with van der Waals surface area (Å²) in [6, 6.07) is 32.6. The molecule has 0 saturated heterocycles. The van der Waals surface area contributed by atoms with Gasteiger partial charge in [-0.05, 0) is 43.7 Å². The number of aryl methyl sites for hydroxylation is 2. The summed E-state index contributed by atoms with van der Waals surface area (Å²) in [5, 5.41) is 3.72. The molecule has 0 saturated carbocycles. The molecule has 0 N–H and O–H groups in total. The van der Waals surface area contributed by atoms with E-state index < -0.39 is 0 Å². The summed E-state index contributed by atoms with van der Waals surface area (Å²) in [5.74, 6) is 0. The van der Waals surface area contributed by atoms with Crippen molar-refractivity contribution in [3.8, 4) is 42.0 Å². The van der Waals surface area contributed by atoms with E-state index >= 15 is 0 Å². The van der Waals surface area contributed by atoms with Gasteiger partial charge in [-0.3, -0.25) is 0 Å². The highest BCUT2D eigenvalue weighted by atomic mass is 32.1. The average molecular weight is 536 g/mol. The van der Waals surface area contributed by atoms with E-state index in [1.165, 1.54) is 61.2 Å². The third-order valence-corrected chi connectivity index (χ3v) is 11.1. The first kappa shape index (κ1) is 22.1. The zero-order valence-electron chi connectivity index (χ0n) is 19.7. The third-order valence-electron chi connectivity index (χ3n) is 6.51. The Hall–Kier alpha value is -3.09. The minimum atomic E-state index is 1.09. The second-order valence-electron chi connectivity index (χ2n) is 8.79. The SMILES string of the molecule is Cc1sc2ccccc2c1-c1nc(-c2ccc(-c3ccccc3)s2)sc1-c1c(C)sc2ccccc12. The van der Waals surface area contributed by atoms with Crippen LogP contribution in [0.25, 0.3) is 62.2 Å². The minimum Gasteiger partial charge on any atom is -0.234 e. The maximum absolute atomic E-state index is 5.39. The highest BCUT2D eigenvalue weighted by molar-refractivity contribution is 7.26. The molecule has 0 fully saturated rings. The number of fused-ring (bicyclic) bond motifs is 2. The fraction of sp³-hybridized carbons (Fsp3) is 0.0645. The van der Waals surface area contributed by atoms with Gasteiger partial charge < -0.3 is 0 Å². The van der Waals surface area contributed by atoms with Crippen LogP contribution in [0.1, 0.15) is 9.75 Å². The molecule has 0 bridgehead atoms. The highest BCUT2D eigenvalue weighted by Gasteiger charge is 2.24. The first-order valence-electron chi connectivity index (χ1n) is 11.8. The van der Waals surface area contributed by atoms with E-state index in [0.717, 1.165) is 10.7 Å². The van der Waals surface area contributed by atoms with E-state index in [2.05, 4.69) is 105 Å². The topological polar surface area (TPSA) is 12.9 Å². The number of rotatable bonds is 4. The van der Waals surface area contributed by atoms with Crippen LogP contribution in [0.5, 0.6) is 0 Å². The molecule has 0 radical (unpaired) electrons. The molecule has 4 heterocycles. The van der Waals surface area contributed by atoms with Gasteiger partial charge in [-0.15, -0.1) is 45.3 Å². The lowest BCUT2D eigenvalue weighted by molar-refractivity contribution is 1.41. The van der Waals surface area contributed by atoms with Crippen LogP contribution in [0.4, 0.5) is 0 Å². The Bertz CT molecular complexity index is 1770. The van der Waals surface area contributed by atoms with Crippen molar-refractivity contribution in [2.24, 2.45) is 0 Å². The zero-order valence-corrected chi connectivity index (χ0v) is 23.0. The maximum atomic E-state index is 5.39. The molecule has 0 unspecified atom stereocenters. The van der Waals surface area contributed by atoms with Crippen molar-refractivity contribution in [1.82, 2.24) is 4.98 Å². The first-order chi connectivity index (χ1) is 17.7. The van der Waals surface area contributed by atoms with Gasteiger partial charge in [-0.25, -0.2) is 4.98 Å². The Kier molecular flexibility index (Phi) is 5.40. The van der Waals surface area contributed by atoms with Gasteiger partial charge in [-0.2, -0.15) is 0 Å². The fourth-order valence-corrected chi connectivity index (χ4v) is 9.34. The fourth-order valence-electron chi connectivity index (χ4n) is 4.89. The van der Waals surface area contributed by atoms with Gasteiger partial charge in [0.2, 0.25) is 0 Å². The Morgan fingerprint density at radius 2 is 1.11 bits per heavy atom. The smallest absolute Gasteiger partial charge is 0.134 e. The molecule has 174 valence electrons. The highest BCUT2D eigenvalue weighted by Crippen LogP contribution is 2.51. The summed E-state index contributed by atoms with van der Waals surface area (Å²) in [6.07, 6.45) is 0. The number of thiazole rings is 1. The van der Waals surface area contributed by atoms with Crippen molar-refractivity contribution in [2.75, 3.05) is 0 Å². The number of benzene rings is 3. The van der Waals surface area contributed by atoms with Crippen LogP contribution in [0.15, 0.2) is 91.0 Å². The van der Waals surface area contributed by atoms with Crippen molar-refractivity contribution in [1.29, 1.82) is 0 Å². The lowest BCUT2D eigenvalue weighted by atomic mass is 10.0. The second kappa shape index (κ2) is 8.79. The first-order valence-corrected chi connectivity index (χ1v) is 15.1. The minimum absolute atomic E-state index is 1.09. The summed E-state index contributed by atoms with van der Waals surface area (Å²) in [6.45, 7) is 4.49. The van der Waals surface area contributed by atoms with Crippen molar-refractivity contribution >= 4 is 65.5 Å². The van der Waals surface area contributed by atoms with Crippen molar-refractivity contribution in [3.05, 3.63) is 101 Å². The Labute approximate surface area is 226 Å². The van der Waals surface area contributed by atoms with Gasteiger partial charge >= 0.3 is 0 Å². The molecule has 4 aromatic heterocycles. The van der Waals surface area contributed by atoms with Crippen LogP contribution >= 0.6 is 45.3 Å². The lowest BCUT2D eigenvalue weighted by Gasteiger charge is -2.04. The monoisotopic (exact) mass is 535 g/mol. The number of aromatic nitrogens is 1. The summed E-state index contributed by atoms with van der Waals surface area (Å²) in [4.78, 5) is 11.8. The Morgan fingerprint density at radius 1 is 0.528 bits per heavy atom. The van der Waals surface area contributed by atoms with Crippen molar-refractivity contribution < 1.29 is 0 Å². The van der Waals surface area contributed by atoms with Crippen LogP contribution in [0.2, 0.25) is 0 Å². The van der Waals surface area contributed by atoms with Gasteiger partial charge in [0.05, 0.1) is 15.4 Å². The maximum Gasteiger partial charge on any atom is 0.134 e. The van der Waals surface area contributed by atoms with E-state index in [-0.39, 0.29) is 0 Å². The Morgan fingerprint density at radius 3 is 1.83 bits per heavy atom. The Balaban J connectivity index is 1.48. The lowest BCUT2D eigenvalue weighted by Crippen LogP contribution is -1.84. The average Bonchev–Trinajstić information content (AvgIpc) is 3.67. The molecule has 0 aliphatic rings. The quantitative estimate of drug-likeness (QED) is 0.218. The molecular formula is C31H21NS4. The number of hydrogen-bond acceptors (Lipinski definition) is 5. The van der Waals surface area contributed by atoms with E-state index in [4.69, 9.17) is 4.98 Å². The van der Waals surface area contributed by atoms with E-state index in [0.29, 0.717) is 0 Å². The number of thiophene rings is 3. The molecule has 7 rings (SSSR count). The second-order valence-corrected chi connectivity index (χ2v) is 13.4. The molecular weight excluding hydrogens is 515 g/mol. The van der Waals surface area contributed by atoms with Gasteiger partial charge in [0.15, 0.2) is 0 Å². The number of hydrogen-bond donors (Lipinski definition) is 0. The predicted molar refractivity (Wildman–Crippen MR) is 162 cm³/mol. The predicted octanol–water partition coefficient (Wildman–Crippen LogP) is 10.9. The van der Waals surface area contributed by atoms with Gasteiger partial charge in [0, 0.05) is 45.9 Å².